The molecule has 0 bridgehead atoms. The Bertz CT molecular complexity index is 3590. The number of rotatable bonds is 7. The molecular formula is C63H42N2O. The first-order chi connectivity index (χ1) is 32.8. The number of para-hydroxylation sites is 4. The van der Waals surface area contributed by atoms with Crippen molar-refractivity contribution < 1.29 is 4.74 Å². The fourth-order valence-corrected chi connectivity index (χ4v) is 10.9. The van der Waals surface area contributed by atoms with E-state index in [4.69, 9.17) is 4.74 Å². The summed E-state index contributed by atoms with van der Waals surface area (Å²) < 4.78 is 7.84. The Kier molecular flexibility index (Phi) is 8.75. The molecule has 1 aliphatic carbocycles. The number of hydrogen-bond acceptors (Lipinski definition) is 3. The Balaban J connectivity index is 1.13. The molecule has 310 valence electrons. The summed E-state index contributed by atoms with van der Waals surface area (Å²) in [7, 11) is 0. The molecule has 66 heavy (non-hydrogen) atoms. The van der Waals surface area contributed by atoms with Gasteiger partial charge < -0.3 is 14.5 Å². The van der Waals surface area contributed by atoms with Gasteiger partial charge in [0.05, 0.1) is 22.5 Å². The van der Waals surface area contributed by atoms with E-state index in [1.165, 1.54) is 38.4 Å². The van der Waals surface area contributed by atoms with Crippen LogP contribution in [0.3, 0.4) is 0 Å². The predicted octanol–water partition coefficient (Wildman–Crippen LogP) is 17.1. The molecule has 0 unspecified atom stereocenters. The fourth-order valence-electron chi connectivity index (χ4n) is 10.9. The van der Waals surface area contributed by atoms with Gasteiger partial charge in [-0.1, -0.05) is 200 Å². The quantitative estimate of drug-likeness (QED) is 0.149. The molecule has 1 aliphatic heterocycles. The SMILES string of the molecule is c1ccc(-c2cccc(N(c3ccccc3)c3cccc4c3Oc3c(N(c5ccccc5)c5cc6ccccc6c6ccccc56)cccc3C43c4ccccc4-c4ccccc43)c2)cc1. The molecule has 0 aromatic heterocycles. The van der Waals surface area contributed by atoms with Crippen LogP contribution in [0.4, 0.5) is 34.1 Å². The topological polar surface area (TPSA) is 15.7 Å². The van der Waals surface area contributed by atoms with E-state index in [1.54, 1.807) is 0 Å². The van der Waals surface area contributed by atoms with Crippen LogP contribution in [0.25, 0.3) is 43.8 Å². The van der Waals surface area contributed by atoms with Crippen LogP contribution in [-0.2, 0) is 5.41 Å². The molecular weight excluding hydrogens is 801 g/mol. The van der Waals surface area contributed by atoms with E-state index in [0.29, 0.717) is 0 Å². The minimum atomic E-state index is -0.718. The number of ether oxygens (including phenoxy) is 1. The van der Waals surface area contributed by atoms with Gasteiger partial charge in [-0.05, 0) is 104 Å². The van der Waals surface area contributed by atoms with Gasteiger partial charge in [0.1, 0.15) is 0 Å². The first-order valence-electron chi connectivity index (χ1n) is 22.7. The monoisotopic (exact) mass is 842 g/mol. The highest BCUT2D eigenvalue weighted by atomic mass is 16.5. The number of nitrogens with zero attached hydrogens (tertiary/aromatic N) is 2. The van der Waals surface area contributed by atoms with E-state index in [0.717, 1.165) is 73.3 Å². The first kappa shape index (κ1) is 37.9. The molecule has 0 radical (unpaired) electrons. The maximum atomic E-state index is 7.84. The summed E-state index contributed by atoms with van der Waals surface area (Å²) in [4.78, 5) is 4.78. The average Bonchev–Trinajstić information content (AvgIpc) is 3.68. The van der Waals surface area contributed by atoms with E-state index < -0.39 is 5.41 Å². The van der Waals surface area contributed by atoms with Gasteiger partial charge in [0.2, 0.25) is 0 Å². The molecule has 13 rings (SSSR count). The molecule has 0 amide bonds. The Morgan fingerprint density at radius 2 is 0.742 bits per heavy atom. The van der Waals surface area contributed by atoms with Gasteiger partial charge in [0.25, 0.3) is 0 Å². The smallest absolute Gasteiger partial charge is 0.156 e. The molecule has 2 aliphatic rings. The minimum Gasteiger partial charge on any atom is -0.452 e. The van der Waals surface area contributed by atoms with Crippen LogP contribution >= 0.6 is 0 Å². The van der Waals surface area contributed by atoms with E-state index in [-0.39, 0.29) is 0 Å². The summed E-state index contributed by atoms with van der Waals surface area (Å²) >= 11 is 0. The average molecular weight is 843 g/mol. The van der Waals surface area contributed by atoms with Crippen molar-refractivity contribution >= 4 is 55.7 Å². The van der Waals surface area contributed by atoms with Crippen molar-refractivity contribution in [2.24, 2.45) is 0 Å². The molecule has 11 aromatic rings. The highest BCUT2D eigenvalue weighted by molar-refractivity contribution is 6.15. The zero-order valence-electron chi connectivity index (χ0n) is 36.1. The zero-order chi connectivity index (χ0) is 43.6. The molecule has 3 heteroatoms. The number of fused-ring (bicyclic) bond motifs is 12. The van der Waals surface area contributed by atoms with Crippen molar-refractivity contribution in [1.82, 2.24) is 0 Å². The maximum absolute atomic E-state index is 7.84. The van der Waals surface area contributed by atoms with E-state index in [9.17, 15) is 0 Å². The molecule has 0 atom stereocenters. The van der Waals surface area contributed by atoms with Gasteiger partial charge in [0, 0.05) is 33.6 Å². The minimum absolute atomic E-state index is 0.718. The molecule has 0 saturated carbocycles. The summed E-state index contributed by atoms with van der Waals surface area (Å²) in [6.45, 7) is 0. The predicted molar refractivity (Wildman–Crippen MR) is 274 cm³/mol. The normalized spacial score (nSPS) is 12.8. The lowest BCUT2D eigenvalue weighted by Gasteiger charge is -2.42. The Morgan fingerprint density at radius 3 is 1.39 bits per heavy atom. The third-order valence-electron chi connectivity index (χ3n) is 13.7. The summed E-state index contributed by atoms with van der Waals surface area (Å²) in [5, 5.41) is 4.77. The summed E-state index contributed by atoms with van der Waals surface area (Å²) in [5.41, 5.74) is 14.8. The Labute approximate surface area is 384 Å². The van der Waals surface area contributed by atoms with Gasteiger partial charge in [-0.3, -0.25) is 0 Å². The Hall–Kier alpha value is -8.66. The van der Waals surface area contributed by atoms with Gasteiger partial charge >= 0.3 is 0 Å². The van der Waals surface area contributed by atoms with Crippen LogP contribution in [0.2, 0.25) is 0 Å². The van der Waals surface area contributed by atoms with E-state index in [2.05, 4.69) is 265 Å². The highest BCUT2D eigenvalue weighted by Crippen LogP contribution is 2.66. The van der Waals surface area contributed by atoms with Crippen LogP contribution in [0, 0.1) is 0 Å². The van der Waals surface area contributed by atoms with Crippen LogP contribution < -0.4 is 14.5 Å². The summed E-state index contributed by atoms with van der Waals surface area (Å²) in [6, 6.07) is 92.2. The summed E-state index contributed by atoms with van der Waals surface area (Å²) in [6.07, 6.45) is 0. The maximum Gasteiger partial charge on any atom is 0.156 e. The van der Waals surface area contributed by atoms with E-state index in [1.807, 2.05) is 0 Å². The second-order valence-electron chi connectivity index (χ2n) is 17.2. The van der Waals surface area contributed by atoms with Crippen molar-refractivity contribution in [3.05, 3.63) is 277 Å². The van der Waals surface area contributed by atoms with Crippen LogP contribution in [-0.4, -0.2) is 0 Å². The van der Waals surface area contributed by atoms with Gasteiger partial charge in [-0.15, -0.1) is 0 Å². The number of hydrogen-bond donors (Lipinski definition) is 0. The lowest BCUT2D eigenvalue weighted by molar-refractivity contribution is 0.438. The summed E-state index contributed by atoms with van der Waals surface area (Å²) in [5.74, 6) is 1.63. The van der Waals surface area contributed by atoms with Gasteiger partial charge in [0.15, 0.2) is 11.5 Å². The largest absolute Gasteiger partial charge is 0.452 e. The highest BCUT2D eigenvalue weighted by Gasteiger charge is 2.52. The molecule has 1 heterocycles. The molecule has 3 nitrogen and oxygen atoms in total. The number of benzene rings is 11. The zero-order valence-corrected chi connectivity index (χ0v) is 36.1. The molecule has 0 saturated heterocycles. The molecule has 11 aromatic carbocycles. The van der Waals surface area contributed by atoms with Crippen molar-refractivity contribution in [3.63, 3.8) is 0 Å². The van der Waals surface area contributed by atoms with Crippen LogP contribution in [0.15, 0.2) is 255 Å². The van der Waals surface area contributed by atoms with Gasteiger partial charge in [-0.25, -0.2) is 0 Å². The van der Waals surface area contributed by atoms with Gasteiger partial charge in [-0.2, -0.15) is 0 Å². The molecule has 0 N–H and O–H groups in total. The second-order valence-corrected chi connectivity index (χ2v) is 17.2. The van der Waals surface area contributed by atoms with Crippen molar-refractivity contribution in [1.29, 1.82) is 0 Å². The standard InChI is InChI=1S/C63H42N2O/c1-4-21-43(22-5-1)44-24-18-29-48(41-44)64(46-25-6-2-7-26-46)58-39-19-37-56-61(58)66-62-57(63(56)54-35-16-14-32-51(54)52-33-15-17-36-55(52)63)38-20-40-59(62)65(47-27-8-3-9-28-47)60-42-45-23-10-11-30-49(45)50-31-12-13-34-53(50)60/h1-42H. The lowest BCUT2D eigenvalue weighted by atomic mass is 9.65. The van der Waals surface area contributed by atoms with Crippen LogP contribution in [0.5, 0.6) is 11.5 Å². The fraction of sp³-hybridized carbons (Fsp3) is 0.0159. The second kappa shape index (κ2) is 15.3. The third kappa shape index (κ3) is 5.70. The Morgan fingerprint density at radius 1 is 0.288 bits per heavy atom. The van der Waals surface area contributed by atoms with Crippen molar-refractivity contribution in [2.45, 2.75) is 5.41 Å². The van der Waals surface area contributed by atoms with Crippen LogP contribution in [0.1, 0.15) is 22.3 Å². The molecule has 0 fully saturated rings. The lowest BCUT2D eigenvalue weighted by Crippen LogP contribution is -2.33. The number of anilines is 6. The van der Waals surface area contributed by atoms with Crippen molar-refractivity contribution in [3.8, 4) is 33.8 Å². The third-order valence-corrected chi connectivity index (χ3v) is 13.7. The molecule has 1 spiro atoms. The first-order valence-corrected chi connectivity index (χ1v) is 22.7. The van der Waals surface area contributed by atoms with Crippen molar-refractivity contribution in [2.75, 3.05) is 9.80 Å². The van der Waals surface area contributed by atoms with E-state index >= 15 is 0 Å².